The van der Waals surface area contributed by atoms with E-state index >= 15 is 0 Å². The highest BCUT2D eigenvalue weighted by Crippen LogP contribution is 2.30. The van der Waals surface area contributed by atoms with Gasteiger partial charge in [0.1, 0.15) is 11.5 Å². The van der Waals surface area contributed by atoms with Crippen molar-refractivity contribution in [3.63, 3.8) is 0 Å². The molecule has 0 radical (unpaired) electrons. The summed E-state index contributed by atoms with van der Waals surface area (Å²) >= 11 is 0. The van der Waals surface area contributed by atoms with Gasteiger partial charge in [-0.1, -0.05) is 75.6 Å². The largest absolute Gasteiger partial charge is 0.494 e. The van der Waals surface area contributed by atoms with Crippen molar-refractivity contribution in [3.8, 4) is 33.8 Å². The lowest BCUT2D eigenvalue weighted by Gasteiger charge is -2.14. The van der Waals surface area contributed by atoms with Gasteiger partial charge in [-0.25, -0.2) is 0 Å². The number of ether oxygens (including phenoxy) is 2. The smallest absolute Gasteiger partial charge is 0.119 e. The SMILES string of the molecule is CCCCCCOc1ccc(-c2ccc(-c3ccc(O[C@H](C)CC)cc3)c(C)c2)cc1. The Morgan fingerprint density at radius 1 is 0.710 bits per heavy atom. The van der Waals surface area contributed by atoms with Gasteiger partial charge in [-0.15, -0.1) is 0 Å². The molecule has 0 N–H and O–H groups in total. The normalized spacial score (nSPS) is 11.9. The van der Waals surface area contributed by atoms with E-state index in [2.05, 4.69) is 94.4 Å². The first-order valence-electron chi connectivity index (χ1n) is 11.7. The Hall–Kier alpha value is -2.74. The van der Waals surface area contributed by atoms with E-state index in [4.69, 9.17) is 9.47 Å². The molecule has 0 aromatic heterocycles. The minimum absolute atomic E-state index is 0.240. The van der Waals surface area contributed by atoms with Gasteiger partial charge in [0.15, 0.2) is 0 Å². The number of aryl methyl sites for hydroxylation is 1. The van der Waals surface area contributed by atoms with Crippen LogP contribution in [0.3, 0.4) is 0 Å². The molecule has 0 bridgehead atoms. The molecule has 2 heteroatoms. The first kappa shape index (κ1) is 22.9. The zero-order chi connectivity index (χ0) is 22.1. The molecule has 3 rings (SSSR count). The molecule has 0 amide bonds. The summed E-state index contributed by atoms with van der Waals surface area (Å²) in [5, 5.41) is 0. The van der Waals surface area contributed by atoms with E-state index in [1.54, 1.807) is 0 Å². The van der Waals surface area contributed by atoms with Gasteiger partial charge in [0.05, 0.1) is 12.7 Å². The van der Waals surface area contributed by atoms with Crippen LogP contribution in [-0.2, 0) is 0 Å². The van der Waals surface area contributed by atoms with Gasteiger partial charge in [-0.05, 0) is 78.8 Å². The summed E-state index contributed by atoms with van der Waals surface area (Å²) in [5.41, 5.74) is 6.18. The zero-order valence-electron chi connectivity index (χ0n) is 19.5. The van der Waals surface area contributed by atoms with Crippen molar-refractivity contribution in [2.75, 3.05) is 6.61 Å². The Morgan fingerprint density at radius 2 is 1.35 bits per heavy atom. The molecule has 0 unspecified atom stereocenters. The molecular formula is C29H36O2. The fourth-order valence-corrected chi connectivity index (χ4v) is 3.66. The predicted molar refractivity (Wildman–Crippen MR) is 132 cm³/mol. The van der Waals surface area contributed by atoms with Crippen LogP contribution in [0.25, 0.3) is 22.3 Å². The van der Waals surface area contributed by atoms with Crippen molar-refractivity contribution in [1.82, 2.24) is 0 Å². The standard InChI is InChI=1S/C29H36O2/c1-5-7-8-9-20-30-27-15-10-24(11-16-27)26-14-19-29(22(3)21-26)25-12-17-28(18-13-25)31-23(4)6-2/h10-19,21,23H,5-9,20H2,1-4H3/t23-/m1/s1. The van der Waals surface area contributed by atoms with Crippen molar-refractivity contribution < 1.29 is 9.47 Å². The first-order chi connectivity index (χ1) is 15.1. The van der Waals surface area contributed by atoms with Gasteiger partial charge >= 0.3 is 0 Å². The number of unbranched alkanes of at least 4 members (excludes halogenated alkanes) is 3. The van der Waals surface area contributed by atoms with Crippen molar-refractivity contribution in [1.29, 1.82) is 0 Å². The van der Waals surface area contributed by atoms with Gasteiger partial charge in [-0.2, -0.15) is 0 Å². The molecule has 31 heavy (non-hydrogen) atoms. The Morgan fingerprint density at radius 3 is 2.00 bits per heavy atom. The van der Waals surface area contributed by atoms with Crippen LogP contribution in [0.2, 0.25) is 0 Å². The predicted octanol–water partition coefficient (Wildman–Crippen LogP) is 8.47. The summed E-state index contributed by atoms with van der Waals surface area (Å²) in [4.78, 5) is 0. The highest BCUT2D eigenvalue weighted by molar-refractivity contribution is 5.74. The molecule has 3 aromatic rings. The van der Waals surface area contributed by atoms with Gasteiger partial charge in [-0.3, -0.25) is 0 Å². The maximum Gasteiger partial charge on any atom is 0.119 e. The van der Waals surface area contributed by atoms with Crippen LogP contribution >= 0.6 is 0 Å². The second-order valence-corrected chi connectivity index (χ2v) is 8.32. The second kappa shape index (κ2) is 11.6. The van der Waals surface area contributed by atoms with Gasteiger partial charge in [0.25, 0.3) is 0 Å². The number of hydrogen-bond donors (Lipinski definition) is 0. The van der Waals surface area contributed by atoms with Gasteiger partial charge in [0, 0.05) is 0 Å². The Balaban J connectivity index is 1.65. The van der Waals surface area contributed by atoms with Crippen LogP contribution in [0.15, 0.2) is 66.7 Å². The number of benzene rings is 3. The lowest BCUT2D eigenvalue weighted by atomic mass is 9.95. The topological polar surface area (TPSA) is 18.5 Å². The van der Waals surface area contributed by atoms with Crippen LogP contribution in [0, 0.1) is 6.92 Å². The molecule has 1 atom stereocenters. The van der Waals surface area contributed by atoms with E-state index in [1.165, 1.54) is 47.1 Å². The lowest BCUT2D eigenvalue weighted by molar-refractivity contribution is 0.217. The maximum atomic E-state index is 5.90. The highest BCUT2D eigenvalue weighted by atomic mass is 16.5. The van der Waals surface area contributed by atoms with Gasteiger partial charge in [0.2, 0.25) is 0 Å². The third-order valence-corrected chi connectivity index (χ3v) is 5.76. The maximum absolute atomic E-state index is 5.90. The molecule has 0 spiro atoms. The van der Waals surface area contributed by atoms with Crippen molar-refractivity contribution in [2.45, 2.75) is 65.9 Å². The molecule has 0 heterocycles. The summed E-state index contributed by atoms with van der Waals surface area (Å²) in [7, 11) is 0. The number of hydrogen-bond acceptors (Lipinski definition) is 2. The highest BCUT2D eigenvalue weighted by Gasteiger charge is 2.07. The summed E-state index contributed by atoms with van der Waals surface area (Å²) in [6.07, 6.45) is 6.16. The second-order valence-electron chi connectivity index (χ2n) is 8.32. The molecule has 3 aromatic carbocycles. The summed E-state index contributed by atoms with van der Waals surface area (Å²) in [5.74, 6) is 1.88. The Labute approximate surface area is 188 Å². The van der Waals surface area contributed by atoms with Crippen LogP contribution in [0.5, 0.6) is 11.5 Å². The molecular weight excluding hydrogens is 380 g/mol. The van der Waals surface area contributed by atoms with Gasteiger partial charge < -0.3 is 9.47 Å². The fraction of sp³-hybridized carbons (Fsp3) is 0.379. The summed E-state index contributed by atoms with van der Waals surface area (Å²) < 4.78 is 11.8. The number of rotatable bonds is 11. The van der Waals surface area contributed by atoms with Crippen molar-refractivity contribution in [2.24, 2.45) is 0 Å². The van der Waals surface area contributed by atoms with Crippen LogP contribution in [0.4, 0.5) is 0 Å². The van der Waals surface area contributed by atoms with Crippen molar-refractivity contribution >= 4 is 0 Å². The monoisotopic (exact) mass is 416 g/mol. The molecule has 0 saturated heterocycles. The van der Waals surface area contributed by atoms with Crippen LogP contribution < -0.4 is 9.47 Å². The van der Waals surface area contributed by atoms with Crippen LogP contribution in [0.1, 0.15) is 58.4 Å². The third kappa shape index (κ3) is 6.62. The first-order valence-corrected chi connectivity index (χ1v) is 11.7. The quantitative estimate of drug-likeness (QED) is 0.292. The lowest BCUT2D eigenvalue weighted by Crippen LogP contribution is -2.09. The summed E-state index contributed by atoms with van der Waals surface area (Å²) in [6, 6.07) is 23.6. The average Bonchev–Trinajstić information content (AvgIpc) is 2.80. The molecule has 0 aliphatic rings. The minimum Gasteiger partial charge on any atom is -0.494 e. The van der Waals surface area contributed by atoms with E-state index in [-0.39, 0.29) is 6.10 Å². The fourth-order valence-electron chi connectivity index (χ4n) is 3.66. The Bertz CT molecular complexity index is 926. The molecule has 0 saturated carbocycles. The van der Waals surface area contributed by atoms with E-state index in [0.29, 0.717) is 0 Å². The molecule has 164 valence electrons. The average molecular weight is 417 g/mol. The minimum atomic E-state index is 0.240. The van der Waals surface area contributed by atoms with E-state index in [0.717, 1.165) is 30.9 Å². The molecule has 0 aliphatic carbocycles. The molecule has 0 aliphatic heterocycles. The van der Waals surface area contributed by atoms with E-state index < -0.39 is 0 Å². The zero-order valence-corrected chi connectivity index (χ0v) is 19.5. The summed E-state index contributed by atoms with van der Waals surface area (Å²) in [6.45, 7) is 9.44. The van der Waals surface area contributed by atoms with Crippen LogP contribution in [-0.4, -0.2) is 12.7 Å². The van der Waals surface area contributed by atoms with Crippen molar-refractivity contribution in [3.05, 3.63) is 72.3 Å². The molecule has 2 nitrogen and oxygen atoms in total. The van der Waals surface area contributed by atoms with E-state index in [9.17, 15) is 0 Å². The molecule has 0 fully saturated rings. The third-order valence-electron chi connectivity index (χ3n) is 5.76. The Kier molecular flexibility index (Phi) is 8.58. The van der Waals surface area contributed by atoms with E-state index in [1.807, 2.05) is 0 Å².